The molecule has 4 heterocycles. The lowest BCUT2D eigenvalue weighted by molar-refractivity contribution is -0.122. The van der Waals surface area contributed by atoms with Gasteiger partial charge in [0, 0.05) is 54.6 Å². The Kier molecular flexibility index (Phi) is 5.06. The van der Waals surface area contributed by atoms with Crippen LogP contribution < -0.4 is 5.32 Å². The number of piperidine rings is 1. The second kappa shape index (κ2) is 7.40. The lowest BCUT2D eigenvalue weighted by atomic mass is 9.78. The molecule has 29 heavy (non-hydrogen) atoms. The van der Waals surface area contributed by atoms with Gasteiger partial charge >= 0.3 is 0 Å². The van der Waals surface area contributed by atoms with Gasteiger partial charge in [-0.3, -0.25) is 9.59 Å². The average Bonchev–Trinajstić information content (AvgIpc) is 3.36. The van der Waals surface area contributed by atoms with Crippen molar-refractivity contribution in [2.45, 2.75) is 38.2 Å². The van der Waals surface area contributed by atoms with Crippen molar-refractivity contribution in [2.24, 2.45) is 5.41 Å². The summed E-state index contributed by atoms with van der Waals surface area (Å²) < 4.78 is 30.1. The zero-order valence-electron chi connectivity index (χ0n) is 16.2. The lowest BCUT2D eigenvalue weighted by Gasteiger charge is -2.38. The van der Waals surface area contributed by atoms with Crippen molar-refractivity contribution in [2.75, 3.05) is 26.2 Å². The molecule has 1 atom stereocenters. The molecule has 8 heteroatoms. The first-order valence-electron chi connectivity index (χ1n) is 9.95. The van der Waals surface area contributed by atoms with Gasteiger partial charge in [0.05, 0.1) is 12.1 Å². The van der Waals surface area contributed by atoms with Crippen LogP contribution in [0.3, 0.4) is 0 Å². The fraction of sp³-hybridized carbons (Fsp3) is 0.524. The monoisotopic (exact) mass is 405 g/mol. The van der Waals surface area contributed by atoms with E-state index in [0.717, 1.165) is 41.5 Å². The second-order valence-corrected chi connectivity index (χ2v) is 8.31. The summed E-state index contributed by atoms with van der Waals surface area (Å²) in [6.45, 7) is 2.01. The van der Waals surface area contributed by atoms with E-state index in [2.05, 4.69) is 16.0 Å². The molecule has 0 aliphatic carbocycles. The molecule has 1 spiro atoms. The van der Waals surface area contributed by atoms with Crippen LogP contribution in [0.25, 0.3) is 10.9 Å². The van der Waals surface area contributed by atoms with Gasteiger partial charge < -0.3 is 19.9 Å². The van der Waals surface area contributed by atoms with E-state index in [0.29, 0.717) is 26.1 Å². The largest absolute Gasteiger partial charge is 0.483 e. The van der Waals surface area contributed by atoms with Crippen molar-refractivity contribution in [1.82, 2.24) is 14.8 Å². The summed E-state index contributed by atoms with van der Waals surface area (Å²) in [6.07, 6.45) is 2.50. The fourth-order valence-corrected chi connectivity index (χ4v) is 5.25. The molecule has 5 rings (SSSR count). The Labute approximate surface area is 167 Å². The van der Waals surface area contributed by atoms with Gasteiger partial charge in [0.2, 0.25) is 0 Å². The van der Waals surface area contributed by atoms with Crippen LogP contribution >= 0.6 is 0 Å². The van der Waals surface area contributed by atoms with Crippen LogP contribution in [0.2, 0.25) is 0 Å². The van der Waals surface area contributed by atoms with E-state index in [1.54, 1.807) is 0 Å². The van der Waals surface area contributed by atoms with E-state index in [1.165, 1.54) is 0 Å². The molecular formula is C21H25F2N3O3. The quantitative estimate of drug-likeness (QED) is 0.716. The van der Waals surface area contributed by atoms with Crippen LogP contribution in [-0.2, 0) is 17.8 Å². The van der Waals surface area contributed by atoms with E-state index in [-0.39, 0.29) is 25.3 Å². The van der Waals surface area contributed by atoms with Gasteiger partial charge in [0.25, 0.3) is 18.3 Å². The van der Waals surface area contributed by atoms with Gasteiger partial charge in [-0.1, -0.05) is 18.2 Å². The number of hydrogen-bond donors (Lipinski definition) is 2. The van der Waals surface area contributed by atoms with Crippen LogP contribution in [0.15, 0.2) is 24.3 Å². The molecule has 3 aliphatic heterocycles. The highest BCUT2D eigenvalue weighted by atomic mass is 19.3. The number of rotatable bonds is 1. The smallest absolute Gasteiger partial charge is 0.290 e. The Bertz CT molecular complexity index is 943. The number of fused-ring (bicyclic) bond motifs is 3. The second-order valence-electron chi connectivity index (χ2n) is 8.31. The highest BCUT2D eigenvalue weighted by Crippen LogP contribution is 2.43. The minimum Gasteiger partial charge on any atom is -0.483 e. The van der Waals surface area contributed by atoms with Gasteiger partial charge in [-0.2, -0.15) is 0 Å². The number of benzene rings is 1. The van der Waals surface area contributed by atoms with E-state index in [4.69, 9.17) is 9.90 Å². The first-order chi connectivity index (χ1) is 13.9. The number of alkyl halides is 2. The molecule has 156 valence electrons. The molecule has 1 aromatic carbocycles. The van der Waals surface area contributed by atoms with Gasteiger partial charge in [-0.05, 0) is 25.3 Å². The summed E-state index contributed by atoms with van der Waals surface area (Å²) in [5.74, 6) is -2.66. The van der Waals surface area contributed by atoms with Crippen molar-refractivity contribution in [3.8, 4) is 0 Å². The van der Waals surface area contributed by atoms with Gasteiger partial charge in [-0.15, -0.1) is 0 Å². The van der Waals surface area contributed by atoms with Crippen LogP contribution in [0, 0.1) is 5.41 Å². The molecule has 1 unspecified atom stereocenters. The predicted molar refractivity (Wildman–Crippen MR) is 104 cm³/mol. The molecule has 0 radical (unpaired) electrons. The molecule has 1 amide bonds. The zero-order chi connectivity index (χ0) is 20.6. The topological polar surface area (TPSA) is 74.6 Å². The van der Waals surface area contributed by atoms with Crippen molar-refractivity contribution in [3.63, 3.8) is 0 Å². The Hall–Kier alpha value is -2.48. The minimum absolute atomic E-state index is 0.0163. The number of carboxylic acid groups (broad SMARTS) is 1. The summed E-state index contributed by atoms with van der Waals surface area (Å²) in [5, 5.41) is 10.8. The molecule has 2 N–H and O–H groups in total. The molecular weight excluding hydrogens is 380 g/mol. The summed E-state index contributed by atoms with van der Waals surface area (Å²) in [5.41, 5.74) is 2.54. The predicted octanol–water partition coefficient (Wildman–Crippen LogP) is 2.75. The Balaban J connectivity index is 0.000000645. The highest BCUT2D eigenvalue weighted by Gasteiger charge is 2.50. The molecule has 6 nitrogen and oxygen atoms in total. The number of nitrogens with zero attached hydrogens (tertiary/aromatic N) is 2. The van der Waals surface area contributed by atoms with Gasteiger partial charge in [-0.25, -0.2) is 8.78 Å². The van der Waals surface area contributed by atoms with Crippen molar-refractivity contribution in [1.29, 1.82) is 0 Å². The van der Waals surface area contributed by atoms with Gasteiger partial charge in [0.15, 0.2) is 0 Å². The van der Waals surface area contributed by atoms with Crippen molar-refractivity contribution >= 4 is 23.3 Å². The Morgan fingerprint density at radius 1 is 1.21 bits per heavy atom. The van der Waals surface area contributed by atoms with E-state index in [9.17, 15) is 13.6 Å². The summed E-state index contributed by atoms with van der Waals surface area (Å²) >= 11 is 0. The van der Waals surface area contributed by atoms with Gasteiger partial charge in [0.1, 0.15) is 0 Å². The Morgan fingerprint density at radius 3 is 2.72 bits per heavy atom. The molecule has 0 bridgehead atoms. The number of amides is 1. The van der Waals surface area contributed by atoms with Crippen molar-refractivity contribution in [3.05, 3.63) is 35.5 Å². The normalized spacial score (nSPS) is 25.0. The third kappa shape index (κ3) is 3.50. The maximum atomic E-state index is 13.9. The van der Waals surface area contributed by atoms with E-state index < -0.39 is 11.3 Å². The minimum atomic E-state index is -2.68. The van der Waals surface area contributed by atoms with Crippen LogP contribution in [0.4, 0.5) is 8.78 Å². The standard InChI is InChI=1S/C20H23F2N3O.CH2O2/c21-20(22)10-19(11-23-12-20)7-9-24(13-19)18(26)17-14-4-1-2-5-15(14)25-8-3-6-16(17)25;2-1-3/h1-2,4-5,23H,3,6-13H2;1H,(H,2,3). The fourth-order valence-electron chi connectivity index (χ4n) is 5.25. The first kappa shape index (κ1) is 19.8. The third-order valence-corrected chi connectivity index (χ3v) is 6.33. The molecule has 0 saturated carbocycles. The first-order valence-corrected chi connectivity index (χ1v) is 9.95. The number of nitrogens with one attached hydrogen (secondary N) is 1. The maximum absolute atomic E-state index is 13.9. The number of halogens is 2. The summed E-state index contributed by atoms with van der Waals surface area (Å²) in [4.78, 5) is 23.5. The van der Waals surface area contributed by atoms with Crippen LogP contribution in [0.5, 0.6) is 0 Å². The average molecular weight is 405 g/mol. The zero-order valence-corrected chi connectivity index (χ0v) is 16.2. The molecule has 2 fully saturated rings. The third-order valence-electron chi connectivity index (χ3n) is 6.33. The number of aryl methyl sites for hydroxylation is 1. The molecule has 2 saturated heterocycles. The number of aromatic nitrogens is 1. The summed E-state index contributed by atoms with van der Waals surface area (Å²) in [6, 6.07) is 8.04. The number of hydrogen-bond acceptors (Lipinski definition) is 3. The lowest BCUT2D eigenvalue weighted by Crippen LogP contribution is -2.51. The number of likely N-dealkylation sites (tertiary alicyclic amines) is 1. The SMILES string of the molecule is O=C(c1c2n(c3ccccc13)CCC2)N1CCC2(CNCC(F)(F)C2)C1.O=CO. The number of para-hydroxylation sites is 1. The maximum Gasteiger partial charge on any atom is 0.290 e. The van der Waals surface area contributed by atoms with Crippen LogP contribution in [0.1, 0.15) is 35.3 Å². The summed E-state index contributed by atoms with van der Waals surface area (Å²) in [7, 11) is 0. The number of carbonyl (C=O) groups is 2. The highest BCUT2D eigenvalue weighted by molar-refractivity contribution is 6.08. The van der Waals surface area contributed by atoms with Crippen molar-refractivity contribution < 1.29 is 23.5 Å². The molecule has 2 aromatic rings. The van der Waals surface area contributed by atoms with E-state index in [1.807, 2.05) is 23.1 Å². The molecule has 1 aromatic heterocycles. The van der Waals surface area contributed by atoms with E-state index >= 15 is 0 Å². The van der Waals surface area contributed by atoms with Crippen LogP contribution in [-0.4, -0.2) is 59.1 Å². The Morgan fingerprint density at radius 2 is 1.97 bits per heavy atom. The molecule has 3 aliphatic rings. The number of carbonyl (C=O) groups excluding carboxylic acids is 1.